The molecule has 24 heavy (non-hydrogen) atoms. The number of likely N-dealkylation sites (N-methyl/N-ethyl adjacent to an activating group) is 1. The van der Waals surface area contributed by atoms with E-state index in [-0.39, 0.29) is 5.91 Å². The van der Waals surface area contributed by atoms with Gasteiger partial charge in [-0.3, -0.25) is 9.78 Å². The fourth-order valence-electron chi connectivity index (χ4n) is 2.20. The molecule has 0 bridgehead atoms. The lowest BCUT2D eigenvalue weighted by atomic mass is 10.2. The Labute approximate surface area is 142 Å². The zero-order valence-corrected chi connectivity index (χ0v) is 14.4. The molecule has 2 N–H and O–H groups in total. The molecule has 0 atom stereocenters. The summed E-state index contributed by atoms with van der Waals surface area (Å²) < 4.78 is 5.34. The number of methoxy groups -OCH3 is 1. The monoisotopic (exact) mass is 328 g/mol. The van der Waals surface area contributed by atoms with Crippen LogP contribution in [0.4, 0.5) is 5.69 Å². The number of amides is 1. The molecule has 0 radical (unpaired) electrons. The molecule has 1 heterocycles. The minimum absolute atomic E-state index is 0.120. The number of para-hydroxylation sites is 1. The van der Waals surface area contributed by atoms with Crippen LogP contribution in [-0.2, 0) is 6.54 Å². The molecule has 0 unspecified atom stereocenters. The molecule has 0 aliphatic rings. The molecule has 0 saturated heterocycles. The average Bonchev–Trinajstić information content (AvgIpc) is 2.60. The number of carbonyl (C=O) groups excluding carboxylic acids is 1. The van der Waals surface area contributed by atoms with Crippen molar-refractivity contribution < 1.29 is 9.53 Å². The number of aromatic nitrogens is 1. The molecule has 6 heteroatoms. The summed E-state index contributed by atoms with van der Waals surface area (Å²) in [5, 5.41) is 6.16. The molecule has 0 aliphatic heterocycles. The van der Waals surface area contributed by atoms with Crippen LogP contribution in [0.15, 0.2) is 42.7 Å². The summed E-state index contributed by atoms with van der Waals surface area (Å²) in [7, 11) is 5.59. The molecular weight excluding hydrogens is 304 g/mol. The third-order valence-corrected chi connectivity index (χ3v) is 3.52. The number of benzene rings is 1. The molecule has 1 aromatic carbocycles. The van der Waals surface area contributed by atoms with Gasteiger partial charge in [0.2, 0.25) is 0 Å². The number of nitrogens with zero attached hydrogens (tertiary/aromatic N) is 2. The second kappa shape index (κ2) is 8.88. The Morgan fingerprint density at radius 1 is 1.25 bits per heavy atom. The maximum atomic E-state index is 12.1. The first-order valence-electron chi connectivity index (χ1n) is 7.84. The molecular formula is C18H24N4O2. The second-order valence-electron chi connectivity index (χ2n) is 5.69. The molecule has 128 valence electrons. The van der Waals surface area contributed by atoms with Crippen LogP contribution in [0.1, 0.15) is 15.9 Å². The lowest BCUT2D eigenvalue weighted by molar-refractivity contribution is 0.0950. The number of pyridine rings is 1. The highest BCUT2D eigenvalue weighted by Crippen LogP contribution is 2.19. The van der Waals surface area contributed by atoms with Gasteiger partial charge < -0.3 is 20.3 Å². The summed E-state index contributed by atoms with van der Waals surface area (Å²) in [5.41, 5.74) is 2.38. The second-order valence-corrected chi connectivity index (χ2v) is 5.69. The number of anilines is 1. The minimum Gasteiger partial charge on any atom is -0.496 e. The van der Waals surface area contributed by atoms with E-state index in [4.69, 9.17) is 4.74 Å². The van der Waals surface area contributed by atoms with Crippen molar-refractivity contribution in [2.24, 2.45) is 0 Å². The smallest absolute Gasteiger partial charge is 0.252 e. The molecule has 1 amide bonds. The Morgan fingerprint density at radius 3 is 2.79 bits per heavy atom. The number of ether oxygens (including phenoxy) is 1. The van der Waals surface area contributed by atoms with E-state index in [0.717, 1.165) is 23.5 Å². The molecule has 2 rings (SSSR count). The Bertz CT molecular complexity index is 674. The predicted molar refractivity (Wildman–Crippen MR) is 95.4 cm³/mol. The lowest BCUT2D eigenvalue weighted by Gasteiger charge is -2.12. The van der Waals surface area contributed by atoms with Gasteiger partial charge in [-0.05, 0) is 26.2 Å². The Kier molecular flexibility index (Phi) is 6.57. The molecule has 0 saturated carbocycles. The fourth-order valence-corrected chi connectivity index (χ4v) is 2.20. The van der Waals surface area contributed by atoms with Crippen LogP contribution >= 0.6 is 0 Å². The SMILES string of the molecule is COc1ccccc1CNc1cncc(C(=O)NCCN(C)C)c1. The molecule has 0 aliphatic carbocycles. The number of carbonyl (C=O) groups is 1. The van der Waals surface area contributed by atoms with Gasteiger partial charge in [0, 0.05) is 37.6 Å². The summed E-state index contributed by atoms with van der Waals surface area (Å²) in [6.45, 7) is 1.99. The zero-order valence-electron chi connectivity index (χ0n) is 14.4. The summed E-state index contributed by atoms with van der Waals surface area (Å²) in [6, 6.07) is 9.61. The lowest BCUT2D eigenvalue weighted by Crippen LogP contribution is -2.31. The van der Waals surface area contributed by atoms with Crippen molar-refractivity contribution in [3.63, 3.8) is 0 Å². The van der Waals surface area contributed by atoms with E-state index in [1.165, 1.54) is 0 Å². The highest BCUT2D eigenvalue weighted by molar-refractivity contribution is 5.94. The van der Waals surface area contributed by atoms with Crippen molar-refractivity contribution in [2.45, 2.75) is 6.54 Å². The van der Waals surface area contributed by atoms with Crippen molar-refractivity contribution in [3.8, 4) is 5.75 Å². The normalized spacial score (nSPS) is 10.5. The summed E-state index contributed by atoms with van der Waals surface area (Å²) in [6.07, 6.45) is 3.27. The molecule has 1 aromatic heterocycles. The van der Waals surface area contributed by atoms with Crippen molar-refractivity contribution in [3.05, 3.63) is 53.9 Å². The van der Waals surface area contributed by atoms with E-state index >= 15 is 0 Å². The highest BCUT2D eigenvalue weighted by Gasteiger charge is 2.07. The topological polar surface area (TPSA) is 66.5 Å². The molecule has 6 nitrogen and oxygen atoms in total. The van der Waals surface area contributed by atoms with Gasteiger partial charge in [-0.1, -0.05) is 18.2 Å². The van der Waals surface area contributed by atoms with Crippen molar-refractivity contribution in [2.75, 3.05) is 39.6 Å². The maximum absolute atomic E-state index is 12.1. The zero-order chi connectivity index (χ0) is 17.4. The molecule has 2 aromatic rings. The van der Waals surface area contributed by atoms with Gasteiger partial charge in [0.15, 0.2) is 0 Å². The first-order chi connectivity index (χ1) is 11.6. The van der Waals surface area contributed by atoms with Gasteiger partial charge in [-0.15, -0.1) is 0 Å². The molecule has 0 spiro atoms. The van der Waals surface area contributed by atoms with E-state index in [0.29, 0.717) is 18.7 Å². The number of hydrogen-bond donors (Lipinski definition) is 2. The Hall–Kier alpha value is -2.60. The van der Waals surface area contributed by atoms with Crippen LogP contribution in [0.2, 0.25) is 0 Å². The van der Waals surface area contributed by atoms with Gasteiger partial charge in [-0.2, -0.15) is 0 Å². The van der Waals surface area contributed by atoms with E-state index < -0.39 is 0 Å². The van der Waals surface area contributed by atoms with E-state index in [2.05, 4.69) is 15.6 Å². The third kappa shape index (κ3) is 5.24. The highest BCUT2D eigenvalue weighted by atomic mass is 16.5. The average molecular weight is 328 g/mol. The largest absolute Gasteiger partial charge is 0.496 e. The summed E-state index contributed by atoms with van der Waals surface area (Å²) in [5.74, 6) is 0.709. The minimum atomic E-state index is -0.120. The number of rotatable bonds is 8. The third-order valence-electron chi connectivity index (χ3n) is 3.52. The standard InChI is InChI=1S/C18H24N4O2/c1-22(2)9-8-20-18(23)15-10-16(13-19-11-15)21-12-14-6-4-5-7-17(14)24-3/h4-7,10-11,13,21H,8-9,12H2,1-3H3,(H,20,23). The van der Waals surface area contributed by atoms with Gasteiger partial charge in [-0.25, -0.2) is 0 Å². The first-order valence-corrected chi connectivity index (χ1v) is 7.84. The Morgan fingerprint density at radius 2 is 2.04 bits per heavy atom. The van der Waals surface area contributed by atoms with Gasteiger partial charge in [0.25, 0.3) is 5.91 Å². The summed E-state index contributed by atoms with van der Waals surface area (Å²) in [4.78, 5) is 18.3. The van der Waals surface area contributed by atoms with Crippen molar-refractivity contribution in [1.82, 2.24) is 15.2 Å². The Balaban J connectivity index is 1.96. The first kappa shape index (κ1) is 17.7. The fraction of sp³-hybridized carbons (Fsp3) is 0.333. The van der Waals surface area contributed by atoms with Gasteiger partial charge in [0.05, 0.1) is 18.4 Å². The summed E-state index contributed by atoms with van der Waals surface area (Å²) >= 11 is 0. The van der Waals surface area contributed by atoms with Crippen LogP contribution < -0.4 is 15.4 Å². The maximum Gasteiger partial charge on any atom is 0.252 e. The van der Waals surface area contributed by atoms with Gasteiger partial charge >= 0.3 is 0 Å². The van der Waals surface area contributed by atoms with Crippen molar-refractivity contribution >= 4 is 11.6 Å². The van der Waals surface area contributed by atoms with Crippen LogP contribution in [0.3, 0.4) is 0 Å². The predicted octanol–water partition coefficient (Wildman–Crippen LogP) is 1.99. The van der Waals surface area contributed by atoms with Crippen molar-refractivity contribution in [1.29, 1.82) is 0 Å². The van der Waals surface area contributed by atoms with Gasteiger partial charge in [0.1, 0.15) is 5.75 Å². The quantitative estimate of drug-likeness (QED) is 0.776. The van der Waals surface area contributed by atoms with Crippen LogP contribution in [-0.4, -0.2) is 50.1 Å². The molecule has 0 fully saturated rings. The number of hydrogen-bond acceptors (Lipinski definition) is 5. The number of nitrogens with one attached hydrogen (secondary N) is 2. The van der Waals surface area contributed by atoms with E-state index in [1.54, 1.807) is 25.6 Å². The van der Waals surface area contributed by atoms with E-state index in [9.17, 15) is 4.79 Å². The van der Waals surface area contributed by atoms with E-state index in [1.807, 2.05) is 43.3 Å². The van der Waals surface area contributed by atoms with Crippen LogP contribution in [0.5, 0.6) is 5.75 Å². The van der Waals surface area contributed by atoms with Crippen LogP contribution in [0, 0.1) is 0 Å². The van der Waals surface area contributed by atoms with Crippen LogP contribution in [0.25, 0.3) is 0 Å².